The first-order chi connectivity index (χ1) is 20.3. The summed E-state index contributed by atoms with van der Waals surface area (Å²) < 4.78 is 37.7. The maximum atomic E-state index is 13.4. The third-order valence-corrected chi connectivity index (χ3v) is 7.57. The molecule has 2 aromatic heterocycles. The molecule has 1 aromatic carbocycles. The van der Waals surface area contributed by atoms with Gasteiger partial charge in [-0.15, -0.1) is 0 Å². The van der Waals surface area contributed by atoms with Crippen LogP contribution >= 0.6 is 0 Å². The number of rotatable bonds is 5. The zero-order valence-corrected chi connectivity index (χ0v) is 23.1. The lowest BCUT2D eigenvalue weighted by molar-refractivity contribution is -0.130. The minimum absolute atomic E-state index is 0.0795. The number of benzene rings is 1. The predicted octanol–water partition coefficient (Wildman–Crippen LogP) is 2.58. The smallest absolute Gasteiger partial charge is 0.279 e. The molecule has 3 amide bonds. The Labute approximate surface area is 241 Å². The average molecular weight is 583 g/mol. The van der Waals surface area contributed by atoms with E-state index in [1.807, 2.05) is 12.1 Å². The van der Waals surface area contributed by atoms with Crippen LogP contribution in [0.15, 0.2) is 48.8 Å². The van der Waals surface area contributed by atoms with Gasteiger partial charge in [0.25, 0.3) is 12.3 Å². The van der Waals surface area contributed by atoms with Crippen LogP contribution in [0.2, 0.25) is 0 Å². The van der Waals surface area contributed by atoms with E-state index >= 15 is 0 Å². The van der Waals surface area contributed by atoms with Gasteiger partial charge in [0.05, 0.1) is 26.0 Å². The zero-order valence-electron chi connectivity index (χ0n) is 23.1. The van der Waals surface area contributed by atoms with E-state index < -0.39 is 23.9 Å². The Morgan fingerprint density at radius 1 is 1.14 bits per heavy atom. The molecule has 2 N–H and O–H groups in total. The van der Waals surface area contributed by atoms with Gasteiger partial charge in [0, 0.05) is 44.5 Å². The Morgan fingerprint density at radius 3 is 2.71 bits per heavy atom. The summed E-state index contributed by atoms with van der Waals surface area (Å²) in [4.78, 5) is 47.0. The number of nitrogens with zero attached hydrogens (tertiary/aromatic N) is 4. The highest BCUT2D eigenvalue weighted by Crippen LogP contribution is 2.38. The SMILES string of the molecule is COc1ccc2cc1OCCN(C(=O)Cc1cccnc1)CCCNC(=O)[C@H]1CN(C(=O)c3cc(C(F)F)[nH]n3)C[C@H]21. The Hall–Kier alpha value is -4.55. The van der Waals surface area contributed by atoms with Crippen molar-refractivity contribution >= 4 is 17.7 Å². The number of aromatic nitrogens is 3. The maximum Gasteiger partial charge on any atom is 0.279 e. The van der Waals surface area contributed by atoms with Crippen LogP contribution in [-0.4, -0.2) is 89.1 Å². The third-order valence-electron chi connectivity index (χ3n) is 7.57. The molecule has 11 nitrogen and oxygen atoms in total. The molecule has 2 atom stereocenters. The van der Waals surface area contributed by atoms with Crippen LogP contribution in [0.25, 0.3) is 0 Å². The average Bonchev–Trinajstić information content (AvgIpc) is 3.67. The van der Waals surface area contributed by atoms with Crippen molar-refractivity contribution in [2.24, 2.45) is 5.92 Å². The van der Waals surface area contributed by atoms with Crippen molar-refractivity contribution in [3.8, 4) is 11.5 Å². The number of fused-ring (bicyclic) bond motifs is 4. The van der Waals surface area contributed by atoms with Crippen molar-refractivity contribution in [3.63, 3.8) is 0 Å². The molecule has 5 rings (SSSR count). The number of likely N-dealkylation sites (tertiary alicyclic amines) is 1. The molecule has 1 fully saturated rings. The van der Waals surface area contributed by atoms with Gasteiger partial charge in [-0.1, -0.05) is 12.1 Å². The predicted molar refractivity (Wildman–Crippen MR) is 146 cm³/mol. The number of aromatic amines is 1. The van der Waals surface area contributed by atoms with Gasteiger partial charge in [-0.3, -0.25) is 24.5 Å². The van der Waals surface area contributed by atoms with Crippen LogP contribution in [0.4, 0.5) is 8.78 Å². The van der Waals surface area contributed by atoms with E-state index in [0.29, 0.717) is 37.6 Å². The molecule has 0 spiro atoms. The number of ether oxygens (including phenoxy) is 2. The van der Waals surface area contributed by atoms with Crippen molar-refractivity contribution in [2.45, 2.75) is 25.2 Å². The Balaban J connectivity index is 1.37. The Bertz CT molecular complexity index is 1420. The minimum atomic E-state index is -2.79. The van der Waals surface area contributed by atoms with E-state index in [1.54, 1.807) is 35.5 Å². The Morgan fingerprint density at radius 2 is 1.98 bits per heavy atom. The number of carbonyl (C=O) groups is 3. The van der Waals surface area contributed by atoms with E-state index in [1.165, 1.54) is 12.0 Å². The summed E-state index contributed by atoms with van der Waals surface area (Å²) >= 11 is 0. The van der Waals surface area contributed by atoms with E-state index in [4.69, 9.17) is 9.47 Å². The number of alkyl halides is 2. The first kappa shape index (κ1) is 29.0. The molecule has 0 aliphatic carbocycles. The number of carbonyl (C=O) groups excluding carboxylic acids is 3. The molecule has 0 saturated carbocycles. The molecule has 2 aliphatic heterocycles. The van der Waals surface area contributed by atoms with Crippen molar-refractivity contribution in [3.05, 3.63) is 71.3 Å². The van der Waals surface area contributed by atoms with Crippen LogP contribution in [0.3, 0.4) is 0 Å². The van der Waals surface area contributed by atoms with E-state index in [-0.39, 0.29) is 49.5 Å². The second-order valence-corrected chi connectivity index (χ2v) is 10.3. The first-order valence-corrected chi connectivity index (χ1v) is 13.7. The monoisotopic (exact) mass is 582 g/mol. The second kappa shape index (κ2) is 13.0. The molecule has 2 aliphatic rings. The molecule has 2 bridgehead atoms. The molecule has 3 aromatic rings. The van der Waals surface area contributed by atoms with Crippen LogP contribution < -0.4 is 14.8 Å². The lowest BCUT2D eigenvalue weighted by Gasteiger charge is -2.25. The summed E-state index contributed by atoms with van der Waals surface area (Å²) in [7, 11) is 1.52. The summed E-state index contributed by atoms with van der Waals surface area (Å²) in [5, 5.41) is 8.92. The minimum Gasteiger partial charge on any atom is -0.493 e. The molecule has 0 unspecified atom stereocenters. The standard InChI is InChI=1S/C29H32F2N6O5/c1-41-24-6-5-19-13-25(24)42-11-10-36(26(38)12-18-4-2-7-32-15-18)9-3-8-33-28(39)21-17-37(16-20(19)21)29(40)23-14-22(27(30)31)34-35-23/h2,4-7,13-15,20-21,27H,3,8-12,16-17H2,1H3,(H,33,39)(H,34,35)/t20-,21+/m1/s1. The van der Waals surface area contributed by atoms with Gasteiger partial charge in [-0.05, 0) is 41.8 Å². The van der Waals surface area contributed by atoms with Gasteiger partial charge in [-0.25, -0.2) is 8.78 Å². The zero-order chi connectivity index (χ0) is 29.6. The third kappa shape index (κ3) is 6.50. The van der Waals surface area contributed by atoms with Crippen LogP contribution in [0.1, 0.15) is 46.1 Å². The van der Waals surface area contributed by atoms with Crippen molar-refractivity contribution < 1.29 is 32.6 Å². The van der Waals surface area contributed by atoms with Crippen molar-refractivity contribution in [1.29, 1.82) is 0 Å². The summed E-state index contributed by atoms with van der Waals surface area (Å²) in [6.45, 7) is 1.57. The lowest BCUT2D eigenvalue weighted by Crippen LogP contribution is -2.40. The first-order valence-electron chi connectivity index (χ1n) is 13.7. The van der Waals surface area contributed by atoms with Gasteiger partial charge in [0.15, 0.2) is 17.2 Å². The number of methoxy groups -OCH3 is 1. The van der Waals surface area contributed by atoms with Crippen molar-refractivity contribution in [1.82, 2.24) is 30.3 Å². The molecular weight excluding hydrogens is 550 g/mol. The largest absolute Gasteiger partial charge is 0.493 e. The van der Waals surface area contributed by atoms with Gasteiger partial charge in [0.2, 0.25) is 11.8 Å². The molecule has 0 radical (unpaired) electrons. The van der Waals surface area contributed by atoms with Gasteiger partial charge in [-0.2, -0.15) is 5.10 Å². The van der Waals surface area contributed by atoms with E-state index in [0.717, 1.165) is 17.2 Å². The number of amides is 3. The van der Waals surface area contributed by atoms with Crippen LogP contribution in [-0.2, 0) is 16.0 Å². The second-order valence-electron chi connectivity index (χ2n) is 10.3. The topological polar surface area (TPSA) is 130 Å². The van der Waals surface area contributed by atoms with E-state index in [2.05, 4.69) is 20.5 Å². The molecule has 13 heteroatoms. The molecule has 42 heavy (non-hydrogen) atoms. The summed E-state index contributed by atoms with van der Waals surface area (Å²) in [6.07, 6.45) is 1.24. The lowest BCUT2D eigenvalue weighted by atomic mass is 9.88. The summed E-state index contributed by atoms with van der Waals surface area (Å²) in [5.41, 5.74) is 0.986. The number of H-pyrrole nitrogens is 1. The quantitative estimate of drug-likeness (QED) is 0.473. The van der Waals surface area contributed by atoms with Crippen LogP contribution in [0, 0.1) is 5.92 Å². The van der Waals surface area contributed by atoms with Gasteiger partial charge >= 0.3 is 0 Å². The number of pyridine rings is 1. The van der Waals surface area contributed by atoms with Crippen molar-refractivity contribution in [2.75, 3.05) is 46.4 Å². The highest BCUT2D eigenvalue weighted by atomic mass is 19.3. The fourth-order valence-corrected chi connectivity index (χ4v) is 5.36. The van der Waals surface area contributed by atoms with Gasteiger partial charge < -0.3 is 24.6 Å². The molecule has 1 saturated heterocycles. The summed E-state index contributed by atoms with van der Waals surface area (Å²) in [6, 6.07) is 10.0. The van der Waals surface area contributed by atoms with E-state index in [9.17, 15) is 23.2 Å². The highest BCUT2D eigenvalue weighted by molar-refractivity contribution is 5.93. The maximum absolute atomic E-state index is 13.4. The molecule has 222 valence electrons. The highest BCUT2D eigenvalue weighted by Gasteiger charge is 2.41. The fourth-order valence-electron chi connectivity index (χ4n) is 5.36. The molecule has 4 heterocycles. The number of hydrogen-bond donors (Lipinski definition) is 2. The Kier molecular flexibility index (Phi) is 8.94. The fraction of sp³-hybridized carbons (Fsp3) is 0.414. The summed E-state index contributed by atoms with van der Waals surface area (Å²) in [5.74, 6) is -0.903. The normalized spacial score (nSPS) is 19.5. The number of hydrogen-bond acceptors (Lipinski definition) is 7. The number of halogens is 2. The number of nitrogens with one attached hydrogen (secondary N) is 2. The molecular formula is C29H32F2N6O5. The van der Waals surface area contributed by atoms with Crippen LogP contribution in [0.5, 0.6) is 11.5 Å². The van der Waals surface area contributed by atoms with Gasteiger partial charge in [0.1, 0.15) is 12.3 Å².